The van der Waals surface area contributed by atoms with Crippen LogP contribution in [-0.4, -0.2) is 14.5 Å². The standard InChI is InChI=1S/C48H28N4/c1-2-13-29(14-3-1)44-39-19-8-9-24-40(39)49-48(50-44)38-27-28-41(33-18-7-6-17-32(33)38)51-42-25-11-22-35-31-16-5-4-15-30(31)34-20-10-21-36-37-23-12-26-43(51)47(37)52(45(34)36)46(35)42/h1-28H. The fraction of sp³-hybridized carbons (Fsp3) is 0. The summed E-state index contributed by atoms with van der Waals surface area (Å²) in [5, 5.41) is 5.84. The highest BCUT2D eigenvalue weighted by Crippen LogP contribution is 2.56. The molecular weight excluding hydrogens is 633 g/mol. The lowest BCUT2D eigenvalue weighted by molar-refractivity contribution is 1.12. The monoisotopic (exact) mass is 660 g/mol. The number of nitrogens with zero attached hydrogens (tertiary/aromatic N) is 4. The normalized spacial score (nSPS) is 12.6. The Balaban J connectivity index is 1.16. The van der Waals surface area contributed by atoms with Crippen LogP contribution >= 0.6 is 0 Å². The Morgan fingerprint density at radius 2 is 0.962 bits per heavy atom. The number of anilines is 3. The van der Waals surface area contributed by atoms with Gasteiger partial charge in [0, 0.05) is 43.8 Å². The second-order valence-electron chi connectivity index (χ2n) is 13.7. The Labute approximate surface area is 299 Å². The molecule has 52 heavy (non-hydrogen) atoms. The molecule has 4 heteroatoms. The largest absolute Gasteiger partial charge is 0.306 e. The molecule has 10 aromatic rings. The van der Waals surface area contributed by atoms with Gasteiger partial charge in [0.1, 0.15) is 0 Å². The number of hydrogen-bond acceptors (Lipinski definition) is 3. The van der Waals surface area contributed by atoms with Gasteiger partial charge in [-0.3, -0.25) is 0 Å². The molecule has 2 aromatic heterocycles. The van der Waals surface area contributed by atoms with Crippen molar-refractivity contribution in [2.45, 2.75) is 0 Å². The maximum absolute atomic E-state index is 5.28. The van der Waals surface area contributed by atoms with Crippen molar-refractivity contribution >= 4 is 60.5 Å². The Morgan fingerprint density at radius 1 is 0.346 bits per heavy atom. The third-order valence-corrected chi connectivity index (χ3v) is 11.0. The Morgan fingerprint density at radius 3 is 1.83 bits per heavy atom. The number of benzene rings is 8. The van der Waals surface area contributed by atoms with Gasteiger partial charge in [0.25, 0.3) is 0 Å². The van der Waals surface area contributed by atoms with Crippen molar-refractivity contribution in [3.63, 3.8) is 0 Å². The number of rotatable bonds is 3. The first-order chi connectivity index (χ1) is 25.8. The number of fused-ring (bicyclic) bond motifs is 6. The van der Waals surface area contributed by atoms with Crippen LogP contribution in [0, 0.1) is 0 Å². The number of hydrogen-bond donors (Lipinski definition) is 0. The molecule has 12 rings (SSSR count). The van der Waals surface area contributed by atoms with E-state index in [-0.39, 0.29) is 0 Å². The van der Waals surface area contributed by atoms with E-state index in [1.807, 2.05) is 6.07 Å². The predicted octanol–water partition coefficient (Wildman–Crippen LogP) is 12.6. The fourth-order valence-corrected chi connectivity index (χ4v) is 8.91. The minimum absolute atomic E-state index is 0.721. The summed E-state index contributed by atoms with van der Waals surface area (Å²) in [5.74, 6) is 0.721. The van der Waals surface area contributed by atoms with Crippen molar-refractivity contribution in [3.05, 3.63) is 170 Å². The zero-order valence-corrected chi connectivity index (χ0v) is 28.0. The quantitative estimate of drug-likeness (QED) is 0.189. The Hall–Kier alpha value is -7.04. The summed E-state index contributed by atoms with van der Waals surface area (Å²) < 4.78 is 2.54. The third-order valence-electron chi connectivity index (χ3n) is 11.0. The lowest BCUT2D eigenvalue weighted by atomic mass is 9.92. The van der Waals surface area contributed by atoms with E-state index in [0.29, 0.717) is 0 Å². The lowest BCUT2D eigenvalue weighted by Gasteiger charge is -2.35. The molecule has 0 unspecified atom stereocenters. The number of para-hydroxylation sites is 4. The molecule has 240 valence electrons. The average Bonchev–Trinajstić information content (AvgIpc) is 3.49. The fourth-order valence-electron chi connectivity index (χ4n) is 8.91. The molecule has 0 fully saturated rings. The summed E-state index contributed by atoms with van der Waals surface area (Å²) in [6.07, 6.45) is 0. The van der Waals surface area contributed by atoms with Gasteiger partial charge in [0.2, 0.25) is 0 Å². The first-order valence-electron chi connectivity index (χ1n) is 17.8. The van der Waals surface area contributed by atoms with Crippen LogP contribution in [0.15, 0.2) is 170 Å². The van der Waals surface area contributed by atoms with Gasteiger partial charge in [0.15, 0.2) is 5.82 Å². The molecule has 4 heterocycles. The van der Waals surface area contributed by atoms with Crippen LogP contribution < -0.4 is 4.90 Å². The van der Waals surface area contributed by atoms with Crippen LogP contribution in [0.5, 0.6) is 0 Å². The Bertz CT molecular complexity index is 3140. The van der Waals surface area contributed by atoms with Crippen LogP contribution in [0.2, 0.25) is 0 Å². The zero-order chi connectivity index (χ0) is 33.9. The highest BCUT2D eigenvalue weighted by molar-refractivity contribution is 6.23. The topological polar surface area (TPSA) is 34.0 Å². The smallest absolute Gasteiger partial charge is 0.161 e. The highest BCUT2D eigenvalue weighted by atomic mass is 15.2. The van der Waals surface area contributed by atoms with E-state index in [0.717, 1.165) is 55.7 Å². The first kappa shape index (κ1) is 27.7. The molecule has 0 amide bonds. The van der Waals surface area contributed by atoms with E-state index < -0.39 is 0 Å². The first-order valence-corrected chi connectivity index (χ1v) is 17.8. The molecule has 0 atom stereocenters. The molecule has 0 saturated carbocycles. The van der Waals surface area contributed by atoms with Gasteiger partial charge in [-0.05, 0) is 46.8 Å². The molecule has 0 saturated heterocycles. The van der Waals surface area contributed by atoms with Crippen molar-refractivity contribution in [3.8, 4) is 50.6 Å². The van der Waals surface area contributed by atoms with Crippen molar-refractivity contribution in [1.29, 1.82) is 0 Å². The minimum Gasteiger partial charge on any atom is -0.306 e. The van der Waals surface area contributed by atoms with Crippen LogP contribution in [0.4, 0.5) is 17.1 Å². The summed E-state index contributed by atoms with van der Waals surface area (Å²) in [4.78, 5) is 12.9. The second kappa shape index (κ2) is 10.3. The summed E-state index contributed by atoms with van der Waals surface area (Å²) >= 11 is 0. The van der Waals surface area contributed by atoms with E-state index in [1.165, 1.54) is 55.4 Å². The zero-order valence-electron chi connectivity index (χ0n) is 28.0. The summed E-state index contributed by atoms with van der Waals surface area (Å²) in [6.45, 7) is 0. The van der Waals surface area contributed by atoms with E-state index in [4.69, 9.17) is 9.97 Å². The number of aromatic nitrogens is 3. The molecule has 0 bridgehead atoms. The maximum atomic E-state index is 5.28. The molecule has 2 aliphatic heterocycles. The van der Waals surface area contributed by atoms with Gasteiger partial charge < -0.3 is 9.47 Å². The van der Waals surface area contributed by atoms with Gasteiger partial charge in [-0.2, -0.15) is 0 Å². The van der Waals surface area contributed by atoms with Crippen LogP contribution in [0.25, 0.3) is 94.1 Å². The summed E-state index contributed by atoms with van der Waals surface area (Å²) in [6, 6.07) is 61.1. The summed E-state index contributed by atoms with van der Waals surface area (Å²) in [7, 11) is 0. The van der Waals surface area contributed by atoms with Crippen LogP contribution in [0.1, 0.15) is 0 Å². The molecule has 2 aliphatic rings. The lowest BCUT2D eigenvalue weighted by Crippen LogP contribution is -2.19. The maximum Gasteiger partial charge on any atom is 0.161 e. The minimum atomic E-state index is 0.721. The molecule has 0 aliphatic carbocycles. The van der Waals surface area contributed by atoms with Crippen molar-refractivity contribution in [2.24, 2.45) is 0 Å². The van der Waals surface area contributed by atoms with E-state index in [1.54, 1.807) is 0 Å². The third kappa shape index (κ3) is 3.60. The molecule has 0 spiro atoms. The van der Waals surface area contributed by atoms with Crippen molar-refractivity contribution in [2.75, 3.05) is 4.90 Å². The van der Waals surface area contributed by atoms with E-state index >= 15 is 0 Å². The van der Waals surface area contributed by atoms with Crippen molar-refractivity contribution in [1.82, 2.24) is 14.5 Å². The molecule has 8 aromatic carbocycles. The van der Waals surface area contributed by atoms with Crippen LogP contribution in [-0.2, 0) is 0 Å². The molecule has 0 N–H and O–H groups in total. The van der Waals surface area contributed by atoms with Gasteiger partial charge in [0.05, 0.1) is 45.0 Å². The molecular formula is C48H28N4. The van der Waals surface area contributed by atoms with Gasteiger partial charge in [-0.1, -0.05) is 140 Å². The highest BCUT2D eigenvalue weighted by Gasteiger charge is 2.34. The second-order valence-corrected chi connectivity index (χ2v) is 13.7. The van der Waals surface area contributed by atoms with Gasteiger partial charge >= 0.3 is 0 Å². The van der Waals surface area contributed by atoms with E-state index in [2.05, 4.69) is 173 Å². The van der Waals surface area contributed by atoms with Crippen molar-refractivity contribution < 1.29 is 0 Å². The molecule has 4 nitrogen and oxygen atoms in total. The van der Waals surface area contributed by atoms with Gasteiger partial charge in [-0.15, -0.1) is 0 Å². The van der Waals surface area contributed by atoms with E-state index in [9.17, 15) is 0 Å². The average molecular weight is 661 g/mol. The predicted molar refractivity (Wildman–Crippen MR) is 215 cm³/mol. The Kier molecular flexibility index (Phi) is 5.47. The molecule has 0 radical (unpaired) electrons. The SMILES string of the molecule is c1ccc(-c2nc(-c3ccc(N4c5cccc6c5-n5c7c(cccc7c7cccc4c75)-c4ccccc4-6)c4ccccc34)nc3ccccc23)cc1. The summed E-state index contributed by atoms with van der Waals surface area (Å²) in [5.41, 5.74) is 16.2. The van der Waals surface area contributed by atoms with Crippen LogP contribution in [0.3, 0.4) is 0 Å². The van der Waals surface area contributed by atoms with Gasteiger partial charge in [-0.25, -0.2) is 9.97 Å².